The van der Waals surface area contributed by atoms with Crippen molar-refractivity contribution >= 4 is 0 Å². The summed E-state index contributed by atoms with van der Waals surface area (Å²) in [6.07, 6.45) is 0. The molecule has 4 rings (SSSR count). The third-order valence-corrected chi connectivity index (χ3v) is 6.65. The smallest absolute Gasteiger partial charge is 0 e. The summed E-state index contributed by atoms with van der Waals surface area (Å²) in [6, 6.07) is 37.4. The molecule has 44 heavy (non-hydrogen) atoms. The van der Waals surface area contributed by atoms with E-state index in [0.29, 0.717) is 23.7 Å². The predicted molar refractivity (Wildman–Crippen MR) is 176 cm³/mol. The zero-order valence-corrected chi connectivity index (χ0v) is 40.9. The van der Waals surface area contributed by atoms with E-state index < -0.39 is 0 Å². The maximum Gasteiger partial charge on any atom is 0 e. The number of rotatable bonds is 4. The first kappa shape index (κ1) is 52.1. The van der Waals surface area contributed by atoms with Crippen molar-refractivity contribution in [3.05, 3.63) is 142 Å². The molecule has 0 spiro atoms. The fraction of sp³-hybridized carbons (Fsp3) is 0.400. The second-order valence-electron chi connectivity index (χ2n) is 11.8. The minimum Gasteiger partial charge on any atom is -0.184 e. The molecule has 0 atom stereocenters. The van der Waals surface area contributed by atoms with Crippen molar-refractivity contribution in [2.75, 3.05) is 0 Å². The molecule has 0 saturated heterocycles. The Bertz CT molecular complexity index is 1160. The SMILES string of the molecule is Cc1c[c-]cc(C(C)C)c1.Cc1cc[c-]c(C(C)C)c1.Cc1cc[c-]cc1C(C)C.Cc1ccc[c-]c1C(C)C.[Y].[Y].[Y].[Y]. The Morgan fingerprint density at radius 2 is 1.14 bits per heavy atom. The first-order valence-electron chi connectivity index (χ1n) is 14.7. The third kappa shape index (κ3) is 22.0. The van der Waals surface area contributed by atoms with E-state index in [1.807, 2.05) is 30.3 Å². The molecule has 0 amide bonds. The predicted octanol–water partition coefficient (Wildman–Crippen LogP) is 11.7. The Morgan fingerprint density at radius 1 is 0.500 bits per heavy atom. The molecule has 4 aromatic rings. The van der Waals surface area contributed by atoms with Gasteiger partial charge in [-0.15, -0.1) is 0 Å². The summed E-state index contributed by atoms with van der Waals surface area (Å²) in [4.78, 5) is 0. The van der Waals surface area contributed by atoms with Crippen LogP contribution in [0.5, 0.6) is 0 Å². The van der Waals surface area contributed by atoms with E-state index in [4.69, 9.17) is 0 Å². The van der Waals surface area contributed by atoms with Crippen LogP contribution in [0.3, 0.4) is 0 Å². The average Bonchev–Trinajstić information content (AvgIpc) is 2.90. The van der Waals surface area contributed by atoms with Gasteiger partial charge >= 0.3 is 0 Å². The summed E-state index contributed by atoms with van der Waals surface area (Å²) >= 11 is 0. The van der Waals surface area contributed by atoms with Crippen LogP contribution in [0.1, 0.15) is 124 Å². The van der Waals surface area contributed by atoms with Crippen molar-refractivity contribution < 1.29 is 131 Å². The van der Waals surface area contributed by atoms with Crippen molar-refractivity contribution in [3.63, 3.8) is 0 Å². The Labute approximate surface area is 373 Å². The first-order valence-corrected chi connectivity index (χ1v) is 14.7. The summed E-state index contributed by atoms with van der Waals surface area (Å²) in [7, 11) is 0. The number of benzene rings is 4. The van der Waals surface area contributed by atoms with Gasteiger partial charge in [-0.3, -0.25) is 0 Å². The first-order chi connectivity index (χ1) is 18.8. The van der Waals surface area contributed by atoms with Gasteiger partial charge in [0.05, 0.1) is 0 Å². The van der Waals surface area contributed by atoms with Gasteiger partial charge in [0.25, 0.3) is 0 Å². The van der Waals surface area contributed by atoms with E-state index >= 15 is 0 Å². The molecular weight excluding hydrogens is 836 g/mol. The fourth-order valence-electron chi connectivity index (χ4n) is 4.19. The van der Waals surface area contributed by atoms with Crippen molar-refractivity contribution in [2.45, 2.75) is 107 Å². The normalized spacial score (nSPS) is 9.45. The van der Waals surface area contributed by atoms with Crippen LogP contribution in [0.25, 0.3) is 0 Å². The summed E-state index contributed by atoms with van der Waals surface area (Å²) in [5, 5.41) is 0. The molecule has 0 unspecified atom stereocenters. The molecule has 0 nitrogen and oxygen atoms in total. The second-order valence-corrected chi connectivity index (χ2v) is 11.8. The summed E-state index contributed by atoms with van der Waals surface area (Å²) in [5.74, 6) is 2.44. The molecule has 4 radical (unpaired) electrons. The van der Waals surface area contributed by atoms with Gasteiger partial charge in [0.15, 0.2) is 0 Å². The fourth-order valence-corrected chi connectivity index (χ4v) is 4.19. The van der Waals surface area contributed by atoms with E-state index in [0.717, 1.165) is 0 Å². The summed E-state index contributed by atoms with van der Waals surface area (Å²) in [5.41, 5.74) is 10.8. The van der Waals surface area contributed by atoms with Gasteiger partial charge in [0.1, 0.15) is 0 Å². The molecule has 4 heteroatoms. The molecule has 0 aromatic heterocycles. The van der Waals surface area contributed by atoms with Crippen LogP contribution in [0.15, 0.2) is 72.8 Å². The zero-order chi connectivity index (χ0) is 30.2. The number of aryl methyl sites for hydroxylation is 4. The second kappa shape index (κ2) is 29.2. The molecule has 4 aromatic carbocycles. The Kier molecular flexibility index (Phi) is 34.6. The van der Waals surface area contributed by atoms with Gasteiger partial charge in [0, 0.05) is 131 Å². The third-order valence-electron chi connectivity index (χ3n) is 6.65. The maximum atomic E-state index is 3.24. The molecule has 0 saturated carbocycles. The van der Waals surface area contributed by atoms with E-state index in [1.165, 1.54) is 44.5 Å². The minimum absolute atomic E-state index is 0. The maximum absolute atomic E-state index is 3.24. The van der Waals surface area contributed by atoms with Crippen molar-refractivity contribution in [2.24, 2.45) is 0 Å². The zero-order valence-electron chi connectivity index (χ0n) is 29.5. The molecule has 0 N–H and O–H groups in total. The summed E-state index contributed by atoms with van der Waals surface area (Å²) < 4.78 is 0. The van der Waals surface area contributed by atoms with Gasteiger partial charge < -0.3 is 0 Å². The molecule has 228 valence electrons. The van der Waals surface area contributed by atoms with E-state index in [1.54, 1.807) is 0 Å². The van der Waals surface area contributed by atoms with Gasteiger partial charge in [-0.05, 0) is 11.8 Å². The molecule has 0 aliphatic carbocycles. The Hall–Kier alpha value is 1.30. The monoisotopic (exact) mass is 888 g/mol. The molecule has 0 bridgehead atoms. The number of hydrogen-bond acceptors (Lipinski definition) is 0. The van der Waals surface area contributed by atoms with Gasteiger partial charge in [-0.1, -0.05) is 94.9 Å². The standard InChI is InChI=1S/4C10H13.4Y/c2*1-8(2)10-6-4-5-9(3)7-10;2*1-8(2)10-7-5-4-6-9(10)3;;;;/h5-8H,1-3H3;4-5,7-8H,1-3H3;4,6-8H,1-3H3;4-6,8H,1-3H3;;;;/q4*-1;;;;. The van der Waals surface area contributed by atoms with E-state index in [9.17, 15) is 0 Å². The van der Waals surface area contributed by atoms with Gasteiger partial charge in [-0.25, -0.2) is 0 Å². The van der Waals surface area contributed by atoms with Crippen LogP contribution in [0, 0.1) is 52.0 Å². The Balaban J connectivity index is -0.000000235. The average molecular weight is 888 g/mol. The van der Waals surface area contributed by atoms with Gasteiger partial charge in [0.2, 0.25) is 0 Å². The molecule has 0 aliphatic heterocycles. The topological polar surface area (TPSA) is 0 Å². The van der Waals surface area contributed by atoms with Crippen molar-refractivity contribution in [3.8, 4) is 0 Å². The van der Waals surface area contributed by atoms with Crippen LogP contribution in [-0.4, -0.2) is 0 Å². The van der Waals surface area contributed by atoms with Gasteiger partial charge in [-0.2, -0.15) is 142 Å². The Morgan fingerprint density at radius 3 is 1.50 bits per heavy atom. The molecular formula is C40H52Y4-4. The quantitative estimate of drug-likeness (QED) is 0.179. The molecule has 0 fully saturated rings. The van der Waals surface area contributed by atoms with Crippen molar-refractivity contribution in [1.29, 1.82) is 0 Å². The minimum atomic E-state index is 0. The van der Waals surface area contributed by atoms with E-state index in [2.05, 4.69) is 150 Å². The summed E-state index contributed by atoms with van der Waals surface area (Å²) in [6.45, 7) is 26.0. The van der Waals surface area contributed by atoms with E-state index in [-0.39, 0.29) is 131 Å². The van der Waals surface area contributed by atoms with Crippen LogP contribution < -0.4 is 0 Å². The molecule has 0 aliphatic rings. The van der Waals surface area contributed by atoms with Crippen LogP contribution in [0.4, 0.5) is 0 Å². The van der Waals surface area contributed by atoms with Crippen LogP contribution >= 0.6 is 0 Å². The van der Waals surface area contributed by atoms with Crippen LogP contribution in [0.2, 0.25) is 0 Å². The largest absolute Gasteiger partial charge is 0.184 e. The molecule has 0 heterocycles. The van der Waals surface area contributed by atoms with Crippen LogP contribution in [-0.2, 0) is 131 Å². The number of hydrogen-bond donors (Lipinski definition) is 0. The van der Waals surface area contributed by atoms with Crippen molar-refractivity contribution in [1.82, 2.24) is 0 Å².